The van der Waals surface area contributed by atoms with Crippen LogP contribution in [0.1, 0.15) is 34.5 Å². The Morgan fingerprint density at radius 3 is 2.54 bits per heavy atom. The van der Waals surface area contributed by atoms with Gasteiger partial charge in [-0.05, 0) is 41.1 Å². The number of carbonyl (C=O) groups excluding carboxylic acids is 1. The Morgan fingerprint density at radius 1 is 1.15 bits per heavy atom. The standard InChI is InChI=1S/C21H19ClFNOS/c1-2-14-8-10-15(11-9-14)21(19-7-4-12-26-19)24-20(25)13-16-17(22)5-3-6-18(16)23/h3-12,21H,2,13H2,1H3,(H,24,25)/t21-/m0/s1. The quantitative estimate of drug-likeness (QED) is 0.590. The van der Waals surface area contributed by atoms with Crippen molar-refractivity contribution in [2.75, 3.05) is 0 Å². The molecule has 0 bridgehead atoms. The Morgan fingerprint density at radius 2 is 1.92 bits per heavy atom. The molecule has 2 nitrogen and oxygen atoms in total. The van der Waals surface area contributed by atoms with E-state index in [0.717, 1.165) is 16.9 Å². The third-order valence-electron chi connectivity index (χ3n) is 4.25. The van der Waals surface area contributed by atoms with Gasteiger partial charge in [0.25, 0.3) is 0 Å². The highest BCUT2D eigenvalue weighted by atomic mass is 35.5. The Hall–Kier alpha value is -2.17. The van der Waals surface area contributed by atoms with Crippen LogP contribution in [-0.4, -0.2) is 5.91 Å². The van der Waals surface area contributed by atoms with Crippen molar-refractivity contribution in [3.05, 3.63) is 92.4 Å². The number of benzene rings is 2. The molecule has 0 aliphatic heterocycles. The molecule has 0 fully saturated rings. The van der Waals surface area contributed by atoms with Crippen molar-refractivity contribution in [2.24, 2.45) is 0 Å². The molecule has 5 heteroatoms. The van der Waals surface area contributed by atoms with Gasteiger partial charge < -0.3 is 5.32 Å². The average molecular weight is 388 g/mol. The number of halogens is 2. The van der Waals surface area contributed by atoms with Gasteiger partial charge in [-0.2, -0.15) is 0 Å². The van der Waals surface area contributed by atoms with Crippen LogP contribution in [0.5, 0.6) is 0 Å². The maximum Gasteiger partial charge on any atom is 0.225 e. The van der Waals surface area contributed by atoms with Crippen molar-refractivity contribution in [3.63, 3.8) is 0 Å². The van der Waals surface area contributed by atoms with E-state index in [4.69, 9.17) is 11.6 Å². The highest BCUT2D eigenvalue weighted by molar-refractivity contribution is 7.10. The molecule has 0 saturated heterocycles. The van der Waals surface area contributed by atoms with E-state index in [9.17, 15) is 9.18 Å². The predicted octanol–water partition coefficient (Wildman–Crippen LogP) is 5.55. The summed E-state index contributed by atoms with van der Waals surface area (Å²) in [7, 11) is 0. The van der Waals surface area contributed by atoms with Gasteiger partial charge in [0.2, 0.25) is 5.91 Å². The maximum absolute atomic E-state index is 14.0. The number of amides is 1. The first-order chi connectivity index (χ1) is 12.6. The van der Waals surface area contributed by atoms with Crippen LogP contribution < -0.4 is 5.32 Å². The second kappa shape index (κ2) is 8.47. The fraction of sp³-hybridized carbons (Fsp3) is 0.190. The monoisotopic (exact) mass is 387 g/mol. The van der Waals surface area contributed by atoms with Crippen molar-refractivity contribution in [1.29, 1.82) is 0 Å². The van der Waals surface area contributed by atoms with Crippen molar-refractivity contribution < 1.29 is 9.18 Å². The molecule has 3 aromatic rings. The van der Waals surface area contributed by atoms with Crippen LogP contribution in [0.2, 0.25) is 5.02 Å². The van der Waals surface area contributed by atoms with Gasteiger partial charge in [-0.25, -0.2) is 4.39 Å². The summed E-state index contributed by atoms with van der Waals surface area (Å²) in [4.78, 5) is 13.6. The fourth-order valence-electron chi connectivity index (χ4n) is 2.79. The lowest BCUT2D eigenvalue weighted by atomic mass is 10.0. The normalized spacial score (nSPS) is 12.0. The number of hydrogen-bond donors (Lipinski definition) is 1. The molecule has 1 amide bonds. The summed E-state index contributed by atoms with van der Waals surface area (Å²) in [5.74, 6) is -0.734. The van der Waals surface area contributed by atoms with E-state index in [2.05, 4.69) is 24.4 Å². The zero-order valence-electron chi connectivity index (χ0n) is 14.3. The Labute approximate surface area is 161 Å². The first-order valence-corrected chi connectivity index (χ1v) is 9.68. The van der Waals surface area contributed by atoms with E-state index in [0.29, 0.717) is 0 Å². The summed E-state index contributed by atoms with van der Waals surface area (Å²) >= 11 is 7.62. The molecule has 3 rings (SSSR count). The van der Waals surface area contributed by atoms with Gasteiger partial charge in [0.05, 0.1) is 12.5 Å². The Kier molecular flexibility index (Phi) is 6.07. The molecule has 1 heterocycles. The first kappa shape index (κ1) is 18.6. The summed E-state index contributed by atoms with van der Waals surface area (Å²) < 4.78 is 14.0. The SMILES string of the molecule is CCc1ccc([C@H](NC(=O)Cc2c(F)cccc2Cl)c2cccs2)cc1. The van der Waals surface area contributed by atoms with Crippen LogP contribution in [0.25, 0.3) is 0 Å². The molecule has 26 heavy (non-hydrogen) atoms. The summed E-state index contributed by atoms with van der Waals surface area (Å²) in [6.07, 6.45) is 0.864. The molecule has 0 saturated carbocycles. The fourth-order valence-corrected chi connectivity index (χ4v) is 3.83. The highest BCUT2D eigenvalue weighted by Crippen LogP contribution is 2.27. The number of carbonyl (C=O) groups is 1. The molecule has 0 spiro atoms. The van der Waals surface area contributed by atoms with Crippen LogP contribution in [0.4, 0.5) is 4.39 Å². The van der Waals surface area contributed by atoms with E-state index in [-0.39, 0.29) is 29.0 Å². The second-order valence-electron chi connectivity index (χ2n) is 5.99. The van der Waals surface area contributed by atoms with Gasteiger partial charge in [0.1, 0.15) is 5.82 Å². The molecule has 134 valence electrons. The van der Waals surface area contributed by atoms with E-state index < -0.39 is 5.82 Å². The molecule has 0 unspecified atom stereocenters. The second-order valence-corrected chi connectivity index (χ2v) is 7.37. The topological polar surface area (TPSA) is 29.1 Å². The van der Waals surface area contributed by atoms with Gasteiger partial charge in [0.15, 0.2) is 0 Å². The molecular formula is C21H19ClFNOS. The minimum atomic E-state index is -0.465. The minimum Gasteiger partial charge on any atom is -0.344 e. The minimum absolute atomic E-state index is 0.0968. The Balaban J connectivity index is 1.82. The summed E-state index contributed by atoms with van der Waals surface area (Å²) in [5.41, 5.74) is 2.46. The lowest BCUT2D eigenvalue weighted by molar-refractivity contribution is -0.121. The molecule has 0 radical (unpaired) electrons. The van der Waals surface area contributed by atoms with Crippen LogP contribution >= 0.6 is 22.9 Å². The van der Waals surface area contributed by atoms with Crippen molar-refractivity contribution >= 4 is 28.8 Å². The van der Waals surface area contributed by atoms with Crippen molar-refractivity contribution in [3.8, 4) is 0 Å². The molecule has 1 aromatic heterocycles. The zero-order valence-corrected chi connectivity index (χ0v) is 15.9. The molecule has 2 aromatic carbocycles. The number of nitrogens with one attached hydrogen (secondary N) is 1. The van der Waals surface area contributed by atoms with Crippen molar-refractivity contribution in [1.82, 2.24) is 5.32 Å². The van der Waals surface area contributed by atoms with Crippen LogP contribution in [0.15, 0.2) is 60.0 Å². The van der Waals surface area contributed by atoms with Gasteiger partial charge in [-0.1, -0.05) is 54.9 Å². The van der Waals surface area contributed by atoms with E-state index in [1.807, 2.05) is 29.6 Å². The van der Waals surface area contributed by atoms with Gasteiger partial charge in [-0.3, -0.25) is 4.79 Å². The number of rotatable bonds is 6. The van der Waals surface area contributed by atoms with Gasteiger partial charge in [-0.15, -0.1) is 11.3 Å². The zero-order chi connectivity index (χ0) is 18.5. The Bertz CT molecular complexity index is 857. The molecule has 0 aliphatic carbocycles. The average Bonchev–Trinajstić information content (AvgIpc) is 3.17. The predicted molar refractivity (Wildman–Crippen MR) is 105 cm³/mol. The summed E-state index contributed by atoms with van der Waals surface area (Å²) in [6, 6.07) is 16.3. The van der Waals surface area contributed by atoms with E-state index in [1.54, 1.807) is 17.4 Å². The molecule has 1 N–H and O–H groups in total. The highest BCUT2D eigenvalue weighted by Gasteiger charge is 2.19. The lowest BCUT2D eigenvalue weighted by Gasteiger charge is -2.19. The molecular weight excluding hydrogens is 369 g/mol. The van der Waals surface area contributed by atoms with Gasteiger partial charge >= 0.3 is 0 Å². The smallest absolute Gasteiger partial charge is 0.225 e. The van der Waals surface area contributed by atoms with Crippen molar-refractivity contribution in [2.45, 2.75) is 25.8 Å². The number of hydrogen-bond acceptors (Lipinski definition) is 2. The maximum atomic E-state index is 14.0. The molecule has 0 aliphatic rings. The van der Waals surface area contributed by atoms with E-state index >= 15 is 0 Å². The molecule has 1 atom stereocenters. The first-order valence-electron chi connectivity index (χ1n) is 8.43. The summed E-state index contributed by atoms with van der Waals surface area (Å²) in [5, 5.41) is 5.26. The summed E-state index contributed by atoms with van der Waals surface area (Å²) in [6.45, 7) is 2.10. The largest absolute Gasteiger partial charge is 0.344 e. The van der Waals surface area contributed by atoms with Crippen LogP contribution in [0.3, 0.4) is 0 Å². The number of aryl methyl sites for hydroxylation is 1. The third-order valence-corrected chi connectivity index (χ3v) is 5.54. The van der Waals surface area contributed by atoms with Crippen LogP contribution in [-0.2, 0) is 17.6 Å². The lowest BCUT2D eigenvalue weighted by Crippen LogP contribution is -2.30. The van der Waals surface area contributed by atoms with E-state index in [1.165, 1.54) is 17.7 Å². The van der Waals surface area contributed by atoms with Crippen LogP contribution in [0, 0.1) is 5.82 Å². The van der Waals surface area contributed by atoms with Gasteiger partial charge in [0, 0.05) is 15.5 Å². The number of thiophene rings is 1. The third kappa shape index (κ3) is 4.32.